The molecule has 2 aromatic rings. The molecule has 0 saturated heterocycles. The van der Waals surface area contributed by atoms with Gasteiger partial charge >= 0.3 is 0 Å². The maximum atomic E-state index is 13.1. The van der Waals surface area contributed by atoms with E-state index < -0.39 is 11.7 Å². The van der Waals surface area contributed by atoms with Crippen LogP contribution in [0.3, 0.4) is 0 Å². The molecular formula is C13H9Cl2FN2O. The van der Waals surface area contributed by atoms with Crippen molar-refractivity contribution in [2.24, 2.45) is 0 Å². The topological polar surface area (TPSA) is 55.1 Å². The van der Waals surface area contributed by atoms with Crippen LogP contribution in [-0.4, -0.2) is 5.91 Å². The third-order valence-corrected chi connectivity index (χ3v) is 2.98. The van der Waals surface area contributed by atoms with Gasteiger partial charge in [0.25, 0.3) is 5.91 Å². The summed E-state index contributed by atoms with van der Waals surface area (Å²) >= 11 is 11.4. The third kappa shape index (κ3) is 3.16. The molecule has 0 unspecified atom stereocenters. The van der Waals surface area contributed by atoms with Crippen molar-refractivity contribution < 1.29 is 9.18 Å². The van der Waals surface area contributed by atoms with Crippen LogP contribution in [0.4, 0.5) is 15.8 Å². The first-order chi connectivity index (χ1) is 8.97. The summed E-state index contributed by atoms with van der Waals surface area (Å²) in [7, 11) is 0. The molecule has 0 atom stereocenters. The van der Waals surface area contributed by atoms with Crippen LogP contribution < -0.4 is 11.1 Å². The summed E-state index contributed by atoms with van der Waals surface area (Å²) in [4.78, 5) is 12.0. The van der Waals surface area contributed by atoms with E-state index in [0.29, 0.717) is 10.7 Å². The highest BCUT2D eigenvalue weighted by molar-refractivity contribution is 6.31. The lowest BCUT2D eigenvalue weighted by Crippen LogP contribution is -2.14. The minimum Gasteiger partial charge on any atom is -0.398 e. The van der Waals surface area contributed by atoms with Gasteiger partial charge in [-0.1, -0.05) is 23.2 Å². The van der Waals surface area contributed by atoms with Gasteiger partial charge in [0.15, 0.2) is 0 Å². The summed E-state index contributed by atoms with van der Waals surface area (Å²) in [6.07, 6.45) is 0. The molecule has 2 rings (SSSR count). The zero-order valence-electron chi connectivity index (χ0n) is 9.58. The maximum Gasteiger partial charge on any atom is 0.257 e. The van der Waals surface area contributed by atoms with Crippen molar-refractivity contribution in [3.8, 4) is 0 Å². The predicted octanol–water partition coefficient (Wildman–Crippen LogP) is 3.97. The van der Waals surface area contributed by atoms with Crippen LogP contribution in [-0.2, 0) is 0 Å². The zero-order valence-corrected chi connectivity index (χ0v) is 11.1. The van der Waals surface area contributed by atoms with Gasteiger partial charge in [-0.2, -0.15) is 0 Å². The monoisotopic (exact) mass is 298 g/mol. The molecule has 0 bridgehead atoms. The number of carbonyl (C=O) groups is 1. The summed E-state index contributed by atoms with van der Waals surface area (Å²) in [6.45, 7) is 0. The van der Waals surface area contributed by atoms with E-state index in [2.05, 4.69) is 5.32 Å². The van der Waals surface area contributed by atoms with Gasteiger partial charge < -0.3 is 11.1 Å². The molecule has 0 aliphatic heterocycles. The zero-order chi connectivity index (χ0) is 14.0. The van der Waals surface area contributed by atoms with Gasteiger partial charge in [0.1, 0.15) is 5.82 Å². The summed E-state index contributed by atoms with van der Waals surface area (Å²) in [5.41, 5.74) is 6.27. The Bertz CT molecular complexity index is 629. The first-order valence-electron chi connectivity index (χ1n) is 5.29. The van der Waals surface area contributed by atoms with Crippen molar-refractivity contribution in [1.82, 2.24) is 0 Å². The smallest absolute Gasteiger partial charge is 0.257 e. The molecule has 3 N–H and O–H groups in total. The molecule has 0 aromatic heterocycles. The van der Waals surface area contributed by atoms with E-state index in [9.17, 15) is 9.18 Å². The van der Waals surface area contributed by atoms with Crippen molar-refractivity contribution >= 4 is 40.5 Å². The largest absolute Gasteiger partial charge is 0.398 e. The highest BCUT2D eigenvalue weighted by atomic mass is 35.5. The highest BCUT2D eigenvalue weighted by Gasteiger charge is 2.13. The van der Waals surface area contributed by atoms with E-state index in [1.807, 2.05) is 0 Å². The second-order valence-electron chi connectivity index (χ2n) is 3.81. The van der Waals surface area contributed by atoms with Crippen LogP contribution in [0.25, 0.3) is 0 Å². The van der Waals surface area contributed by atoms with Gasteiger partial charge in [-0.05, 0) is 36.4 Å². The minimum absolute atomic E-state index is 0.0216. The first kappa shape index (κ1) is 13.6. The van der Waals surface area contributed by atoms with Gasteiger partial charge in [0.05, 0.1) is 10.6 Å². The molecule has 0 radical (unpaired) electrons. The number of nitrogen functional groups attached to an aromatic ring is 1. The lowest BCUT2D eigenvalue weighted by atomic mass is 10.1. The van der Waals surface area contributed by atoms with Crippen LogP contribution in [0, 0.1) is 5.82 Å². The number of nitrogens with one attached hydrogen (secondary N) is 1. The molecule has 0 heterocycles. The van der Waals surface area contributed by atoms with E-state index in [4.69, 9.17) is 28.9 Å². The fourth-order valence-corrected chi connectivity index (χ4v) is 1.78. The Labute approximate surface area is 119 Å². The Hall–Kier alpha value is -1.78. The standard InChI is InChI=1S/C13H9Cl2FN2O/c14-7-1-3-8(4-2-7)18-13(19)9-5-10(15)11(16)6-12(9)17/h1-6H,17H2,(H,18,19). The van der Waals surface area contributed by atoms with Gasteiger partial charge in [-0.15, -0.1) is 0 Å². The van der Waals surface area contributed by atoms with Crippen LogP contribution in [0.2, 0.25) is 10.0 Å². The Kier molecular flexibility index (Phi) is 3.93. The SMILES string of the molecule is Nc1cc(F)c(Cl)cc1C(=O)Nc1ccc(Cl)cc1. The molecule has 0 saturated carbocycles. The van der Waals surface area contributed by atoms with Crippen LogP contribution in [0.15, 0.2) is 36.4 Å². The molecule has 0 aliphatic rings. The molecule has 6 heteroatoms. The molecule has 98 valence electrons. The number of carbonyl (C=O) groups excluding carboxylic acids is 1. The molecule has 2 aromatic carbocycles. The van der Waals surface area contributed by atoms with Crippen LogP contribution in [0.5, 0.6) is 0 Å². The number of hydrogen-bond donors (Lipinski definition) is 2. The second kappa shape index (κ2) is 5.47. The van der Waals surface area contributed by atoms with Crippen molar-refractivity contribution in [1.29, 1.82) is 0 Å². The summed E-state index contributed by atoms with van der Waals surface area (Å²) in [5.74, 6) is -1.14. The molecule has 3 nitrogen and oxygen atoms in total. The third-order valence-electron chi connectivity index (χ3n) is 2.44. The van der Waals surface area contributed by atoms with E-state index in [-0.39, 0.29) is 16.3 Å². The highest BCUT2D eigenvalue weighted by Crippen LogP contribution is 2.23. The number of rotatable bonds is 2. The Balaban J connectivity index is 2.25. The molecular weight excluding hydrogens is 290 g/mol. The first-order valence-corrected chi connectivity index (χ1v) is 6.04. The van der Waals surface area contributed by atoms with Gasteiger partial charge in [-0.25, -0.2) is 4.39 Å². The van der Waals surface area contributed by atoms with Crippen molar-refractivity contribution in [3.63, 3.8) is 0 Å². The van der Waals surface area contributed by atoms with Crippen LogP contribution >= 0.6 is 23.2 Å². The lowest BCUT2D eigenvalue weighted by Gasteiger charge is -2.08. The number of halogens is 3. The minimum atomic E-state index is -0.665. The van der Waals surface area contributed by atoms with Gasteiger partial charge in [0, 0.05) is 16.4 Å². The van der Waals surface area contributed by atoms with Crippen molar-refractivity contribution in [3.05, 3.63) is 57.8 Å². The van der Waals surface area contributed by atoms with E-state index in [1.165, 1.54) is 6.07 Å². The average Bonchev–Trinajstić information content (AvgIpc) is 2.36. The summed E-state index contributed by atoms with van der Waals surface area (Å²) < 4.78 is 13.1. The normalized spacial score (nSPS) is 10.3. The molecule has 1 amide bonds. The number of nitrogens with two attached hydrogens (primary N) is 1. The van der Waals surface area contributed by atoms with Crippen molar-refractivity contribution in [2.75, 3.05) is 11.1 Å². The number of anilines is 2. The van der Waals surface area contributed by atoms with Crippen molar-refractivity contribution in [2.45, 2.75) is 0 Å². The predicted molar refractivity (Wildman–Crippen MR) is 75.2 cm³/mol. The van der Waals surface area contributed by atoms with E-state index in [1.54, 1.807) is 24.3 Å². The lowest BCUT2D eigenvalue weighted by molar-refractivity contribution is 0.102. The number of amides is 1. The summed E-state index contributed by atoms with van der Waals surface area (Å²) in [6, 6.07) is 8.76. The average molecular weight is 299 g/mol. The maximum absolute atomic E-state index is 13.1. The number of hydrogen-bond acceptors (Lipinski definition) is 2. The fourth-order valence-electron chi connectivity index (χ4n) is 1.49. The molecule has 0 fully saturated rings. The second-order valence-corrected chi connectivity index (χ2v) is 4.66. The molecule has 0 spiro atoms. The molecule has 0 aliphatic carbocycles. The number of benzene rings is 2. The van der Waals surface area contributed by atoms with E-state index in [0.717, 1.165) is 6.07 Å². The van der Waals surface area contributed by atoms with Gasteiger partial charge in [-0.3, -0.25) is 4.79 Å². The Morgan fingerprint density at radius 2 is 1.79 bits per heavy atom. The summed E-state index contributed by atoms with van der Waals surface area (Å²) in [5, 5.41) is 3.02. The van der Waals surface area contributed by atoms with Gasteiger partial charge in [0.2, 0.25) is 0 Å². The molecule has 19 heavy (non-hydrogen) atoms. The van der Waals surface area contributed by atoms with E-state index >= 15 is 0 Å². The Morgan fingerprint density at radius 1 is 1.16 bits per heavy atom. The van der Waals surface area contributed by atoms with Crippen LogP contribution in [0.1, 0.15) is 10.4 Å². The quantitative estimate of drug-likeness (QED) is 0.824. The fraction of sp³-hybridized carbons (Fsp3) is 0. The Morgan fingerprint density at radius 3 is 2.42 bits per heavy atom.